The van der Waals surface area contributed by atoms with Gasteiger partial charge in [0.25, 0.3) is 0 Å². The minimum Gasteiger partial charge on any atom is -0.409 e. The van der Waals surface area contributed by atoms with Crippen LogP contribution in [0.3, 0.4) is 0 Å². The molecule has 0 heterocycles. The summed E-state index contributed by atoms with van der Waals surface area (Å²) in [5.41, 5.74) is 3.25. The molecule has 0 aromatic heterocycles. The predicted molar refractivity (Wildman–Crippen MR) is 97.7 cm³/mol. The third-order valence-corrected chi connectivity index (χ3v) is 3.67. The van der Waals surface area contributed by atoms with Crippen molar-refractivity contribution in [3.05, 3.63) is 78.9 Å². The fourth-order valence-corrected chi connectivity index (χ4v) is 2.61. The van der Waals surface area contributed by atoms with Crippen molar-refractivity contribution >= 4 is 23.1 Å². The minimum atomic E-state index is -0.997. The van der Waals surface area contributed by atoms with Crippen molar-refractivity contribution < 1.29 is 14.3 Å². The summed E-state index contributed by atoms with van der Waals surface area (Å²) in [6, 6.07) is 24.7. The Morgan fingerprint density at radius 3 is 1.64 bits per heavy atom. The minimum absolute atomic E-state index is 0.357. The zero-order chi connectivity index (χ0) is 17.6. The van der Waals surface area contributed by atoms with Crippen LogP contribution in [0.4, 0.5) is 9.59 Å². The second kappa shape index (κ2) is 7.64. The Morgan fingerprint density at radius 1 is 0.720 bits per heavy atom. The summed E-state index contributed by atoms with van der Waals surface area (Å²) < 4.78 is 5.44. The summed E-state index contributed by atoms with van der Waals surface area (Å²) in [4.78, 5) is 22.9. The maximum Gasteiger partial charge on any atom is 0.420 e. The van der Waals surface area contributed by atoms with Crippen LogP contribution in [0.25, 0.3) is 22.3 Å². The highest BCUT2D eigenvalue weighted by Crippen LogP contribution is 2.39. The van der Waals surface area contributed by atoms with Gasteiger partial charge < -0.3 is 4.74 Å². The van der Waals surface area contributed by atoms with Crippen molar-refractivity contribution in [3.63, 3.8) is 0 Å². The normalized spacial score (nSPS) is 10.1. The van der Waals surface area contributed by atoms with E-state index >= 15 is 0 Å². The molecule has 0 radical (unpaired) electrons. The third-order valence-electron chi connectivity index (χ3n) is 3.58. The molecular weight excluding hydrogens is 338 g/mol. The van der Waals surface area contributed by atoms with Gasteiger partial charge >= 0.3 is 11.5 Å². The van der Waals surface area contributed by atoms with E-state index in [1.54, 1.807) is 0 Å². The first-order valence-corrected chi connectivity index (χ1v) is 7.95. The first-order chi connectivity index (χ1) is 12.1. The van der Waals surface area contributed by atoms with Crippen LogP contribution in [0.15, 0.2) is 78.9 Å². The number of amides is 2. The van der Waals surface area contributed by atoms with Gasteiger partial charge in [0.2, 0.25) is 0 Å². The van der Waals surface area contributed by atoms with Crippen molar-refractivity contribution in [1.29, 1.82) is 0 Å². The van der Waals surface area contributed by atoms with E-state index in [1.165, 1.54) is 0 Å². The molecule has 0 bridgehead atoms. The number of imide groups is 1. The SMILES string of the molecule is O=C(Cl)NC(=O)Oc1c(-c2ccccc2)cccc1-c1ccccc1. The standard InChI is InChI=1S/C20H14ClNO3/c21-19(23)22-20(24)25-18-16(14-8-3-1-4-9-14)12-7-13-17(18)15-10-5-2-6-11-15/h1-13H,(H,22,23,24). The number of benzene rings is 3. The molecule has 1 N–H and O–H groups in total. The van der Waals surface area contributed by atoms with Crippen molar-refractivity contribution in [2.75, 3.05) is 0 Å². The highest BCUT2D eigenvalue weighted by atomic mass is 35.5. The third kappa shape index (κ3) is 4.05. The Balaban J connectivity index is 2.12. The predicted octanol–water partition coefficient (Wildman–Crippen LogP) is 5.47. The van der Waals surface area contributed by atoms with Crippen LogP contribution in [0.2, 0.25) is 0 Å². The van der Waals surface area contributed by atoms with E-state index in [2.05, 4.69) is 0 Å². The van der Waals surface area contributed by atoms with Crippen molar-refractivity contribution in [3.8, 4) is 28.0 Å². The van der Waals surface area contributed by atoms with Crippen LogP contribution in [-0.4, -0.2) is 11.5 Å². The molecule has 25 heavy (non-hydrogen) atoms. The summed E-state index contributed by atoms with van der Waals surface area (Å²) in [5, 5.41) is 0.917. The number of carbonyl (C=O) groups excluding carboxylic acids is 2. The maximum atomic E-state index is 12.0. The summed E-state index contributed by atoms with van der Waals surface area (Å²) in [6.07, 6.45) is -0.930. The van der Waals surface area contributed by atoms with Gasteiger partial charge in [0, 0.05) is 11.1 Å². The van der Waals surface area contributed by atoms with Crippen LogP contribution in [0.5, 0.6) is 5.75 Å². The molecule has 0 atom stereocenters. The molecular formula is C20H14ClNO3. The lowest BCUT2D eigenvalue weighted by Crippen LogP contribution is -2.29. The number of hydrogen-bond acceptors (Lipinski definition) is 3. The lowest BCUT2D eigenvalue weighted by atomic mass is 9.97. The maximum absolute atomic E-state index is 12.0. The first kappa shape index (κ1) is 16.7. The molecule has 0 aliphatic rings. The summed E-state index contributed by atoms with van der Waals surface area (Å²) >= 11 is 5.20. The fourth-order valence-electron chi connectivity index (χ4n) is 2.54. The smallest absolute Gasteiger partial charge is 0.409 e. The Kier molecular flexibility index (Phi) is 5.11. The molecule has 124 valence electrons. The molecule has 0 fully saturated rings. The number of ether oxygens (including phenoxy) is 1. The van der Waals surface area contributed by atoms with E-state index in [1.807, 2.05) is 84.2 Å². The average molecular weight is 352 g/mol. The second-order valence-corrected chi connectivity index (χ2v) is 5.55. The quantitative estimate of drug-likeness (QED) is 0.503. The van der Waals surface area contributed by atoms with Gasteiger partial charge in [-0.2, -0.15) is 0 Å². The fraction of sp³-hybridized carbons (Fsp3) is 0. The van der Waals surface area contributed by atoms with Crippen LogP contribution in [0.1, 0.15) is 0 Å². The number of nitrogens with one attached hydrogen (secondary N) is 1. The van der Waals surface area contributed by atoms with Crippen LogP contribution in [-0.2, 0) is 0 Å². The van der Waals surface area contributed by atoms with E-state index in [9.17, 15) is 9.59 Å². The number of carbonyl (C=O) groups is 2. The van der Waals surface area contributed by atoms with Crippen molar-refractivity contribution in [2.45, 2.75) is 0 Å². The number of hydrogen-bond donors (Lipinski definition) is 1. The molecule has 3 aromatic carbocycles. The van der Waals surface area contributed by atoms with Crippen LogP contribution in [0, 0.1) is 0 Å². The van der Waals surface area contributed by atoms with Crippen molar-refractivity contribution in [2.24, 2.45) is 0 Å². The molecule has 5 heteroatoms. The van der Waals surface area contributed by atoms with Crippen molar-refractivity contribution in [1.82, 2.24) is 5.32 Å². The van der Waals surface area contributed by atoms with Gasteiger partial charge in [0.1, 0.15) is 5.75 Å². The molecule has 2 amide bonds. The Labute approximate surface area is 150 Å². The monoisotopic (exact) mass is 351 g/mol. The van der Waals surface area contributed by atoms with Crippen LogP contribution < -0.4 is 10.1 Å². The van der Waals surface area contributed by atoms with E-state index in [4.69, 9.17) is 16.3 Å². The number of para-hydroxylation sites is 1. The van der Waals surface area contributed by atoms with Crippen LogP contribution >= 0.6 is 11.6 Å². The average Bonchev–Trinajstić information content (AvgIpc) is 2.62. The van der Waals surface area contributed by atoms with E-state index in [0.29, 0.717) is 5.75 Å². The van der Waals surface area contributed by atoms with Gasteiger partial charge in [0.15, 0.2) is 0 Å². The molecule has 0 unspecified atom stereocenters. The number of rotatable bonds is 3. The van der Waals surface area contributed by atoms with E-state index in [-0.39, 0.29) is 0 Å². The molecule has 0 aliphatic carbocycles. The molecule has 3 rings (SSSR count). The Morgan fingerprint density at radius 2 is 1.20 bits per heavy atom. The summed E-state index contributed by atoms with van der Waals surface area (Å²) in [7, 11) is 0. The molecule has 4 nitrogen and oxygen atoms in total. The second-order valence-electron chi connectivity index (χ2n) is 5.20. The van der Waals surface area contributed by atoms with Gasteiger partial charge in [-0.3, -0.25) is 4.79 Å². The molecule has 0 saturated carbocycles. The molecule has 0 aliphatic heterocycles. The van der Waals surface area contributed by atoms with Gasteiger partial charge in [-0.05, 0) is 22.7 Å². The van der Waals surface area contributed by atoms with Gasteiger partial charge in [-0.15, -0.1) is 0 Å². The highest BCUT2D eigenvalue weighted by molar-refractivity contribution is 6.64. The van der Waals surface area contributed by atoms with E-state index in [0.717, 1.165) is 22.3 Å². The topological polar surface area (TPSA) is 55.4 Å². The zero-order valence-electron chi connectivity index (χ0n) is 13.1. The Hall–Kier alpha value is -3.11. The lowest BCUT2D eigenvalue weighted by Gasteiger charge is -2.15. The van der Waals surface area contributed by atoms with E-state index < -0.39 is 11.5 Å². The van der Waals surface area contributed by atoms with Gasteiger partial charge in [-0.1, -0.05) is 78.9 Å². The molecule has 0 saturated heterocycles. The largest absolute Gasteiger partial charge is 0.420 e. The molecule has 0 spiro atoms. The van der Waals surface area contributed by atoms with Gasteiger partial charge in [0.05, 0.1) is 0 Å². The molecule has 3 aromatic rings. The summed E-state index contributed by atoms with van der Waals surface area (Å²) in [6.45, 7) is 0. The zero-order valence-corrected chi connectivity index (χ0v) is 13.9. The van der Waals surface area contributed by atoms with Gasteiger partial charge in [-0.25, -0.2) is 10.1 Å². The first-order valence-electron chi connectivity index (χ1n) is 7.57. The number of halogens is 1. The lowest BCUT2D eigenvalue weighted by molar-refractivity contribution is 0.201. The highest BCUT2D eigenvalue weighted by Gasteiger charge is 2.17. The Bertz CT molecular complexity index is 838. The summed E-state index contributed by atoms with van der Waals surface area (Å²) in [5.74, 6) is 0.357.